The minimum Gasteiger partial charge on any atom is -0.487 e. The monoisotopic (exact) mass is 621 g/mol. The molecular formula is C33H34F3N5O4. The number of likely N-dealkylation sites (N-methyl/N-ethyl adjacent to an activating group) is 1. The van der Waals surface area contributed by atoms with E-state index in [1.807, 2.05) is 26.2 Å². The summed E-state index contributed by atoms with van der Waals surface area (Å²) in [5, 5.41) is 5.65. The minimum absolute atomic E-state index is 0.0345. The van der Waals surface area contributed by atoms with E-state index >= 15 is 0 Å². The second-order valence-corrected chi connectivity index (χ2v) is 12.5. The van der Waals surface area contributed by atoms with Gasteiger partial charge in [-0.2, -0.15) is 13.2 Å². The number of piperidine rings is 1. The quantitative estimate of drug-likeness (QED) is 0.385. The molecule has 3 aliphatic heterocycles. The van der Waals surface area contributed by atoms with Crippen LogP contribution < -0.4 is 20.1 Å². The Bertz CT molecular complexity index is 1660. The molecule has 2 N–H and O–H groups in total. The molecule has 0 radical (unpaired) electrons. The number of aromatic nitrogens is 1. The highest BCUT2D eigenvalue weighted by Crippen LogP contribution is 2.54. The van der Waals surface area contributed by atoms with Crippen LogP contribution in [0.5, 0.6) is 17.2 Å². The van der Waals surface area contributed by atoms with E-state index in [4.69, 9.17) is 9.47 Å². The van der Waals surface area contributed by atoms with E-state index in [1.165, 1.54) is 12.1 Å². The molecule has 3 aromatic rings. The van der Waals surface area contributed by atoms with Crippen LogP contribution in [0.1, 0.15) is 57.8 Å². The molecule has 4 heterocycles. The summed E-state index contributed by atoms with van der Waals surface area (Å²) in [6, 6.07) is 11.0. The maximum absolute atomic E-state index is 14.2. The van der Waals surface area contributed by atoms with Gasteiger partial charge in [-0.1, -0.05) is 6.07 Å². The van der Waals surface area contributed by atoms with Crippen LogP contribution in [-0.4, -0.2) is 72.0 Å². The van der Waals surface area contributed by atoms with E-state index in [0.29, 0.717) is 48.5 Å². The largest absolute Gasteiger partial charge is 0.487 e. The van der Waals surface area contributed by atoms with Gasteiger partial charge in [0.2, 0.25) is 5.91 Å². The Morgan fingerprint density at radius 2 is 2.02 bits per heavy atom. The number of likely N-dealkylation sites (tertiary alicyclic amines) is 1. The van der Waals surface area contributed by atoms with Crippen LogP contribution in [0.3, 0.4) is 0 Å². The van der Waals surface area contributed by atoms with Crippen LogP contribution in [0.15, 0.2) is 48.7 Å². The molecule has 1 aliphatic carbocycles. The molecule has 2 amide bonds. The lowest BCUT2D eigenvalue weighted by atomic mass is 10.00. The number of carbonyl (C=O) groups is 2. The first-order chi connectivity index (χ1) is 21.5. The number of pyridine rings is 1. The van der Waals surface area contributed by atoms with Crippen molar-refractivity contribution in [1.29, 1.82) is 0 Å². The van der Waals surface area contributed by atoms with Crippen LogP contribution in [0.25, 0.3) is 0 Å². The fourth-order valence-electron chi connectivity index (χ4n) is 6.75. The second-order valence-electron chi connectivity index (χ2n) is 12.5. The van der Waals surface area contributed by atoms with Gasteiger partial charge in [0.25, 0.3) is 5.91 Å². The lowest BCUT2D eigenvalue weighted by Gasteiger charge is -2.36. The van der Waals surface area contributed by atoms with Crippen LogP contribution in [-0.2, 0) is 23.9 Å². The molecular weight excluding hydrogens is 587 g/mol. The number of nitrogens with one attached hydrogen (secondary N) is 2. The zero-order valence-corrected chi connectivity index (χ0v) is 25.0. The number of amides is 2. The molecule has 2 aromatic carbocycles. The number of hydrogen-bond donors (Lipinski definition) is 2. The van der Waals surface area contributed by atoms with Crippen molar-refractivity contribution in [2.24, 2.45) is 0 Å². The van der Waals surface area contributed by atoms with Crippen molar-refractivity contribution in [3.63, 3.8) is 0 Å². The van der Waals surface area contributed by atoms with E-state index in [2.05, 4.69) is 25.4 Å². The third-order valence-electron chi connectivity index (χ3n) is 9.24. The number of carbonyl (C=O) groups excluding carboxylic acids is 2. The minimum atomic E-state index is -4.59. The lowest BCUT2D eigenvalue weighted by molar-refractivity contribution is -0.138. The average Bonchev–Trinajstić information content (AvgIpc) is 3.52. The SMILES string of the molecule is CN(C)[C@H]1CCCN(Cc2ccc(C(=O)N[C@H]3[C@H]4Oc5ccc(Oc6ccnc7c6CCC(=O)N7)cc5[C@@H]34)cc2C(F)(F)F)C1. The Morgan fingerprint density at radius 1 is 1.18 bits per heavy atom. The standard InChI is InChI=1S/C33H34F3N5O4/c1-40(2)20-4-3-13-41(17-20)16-19-6-5-18(14-24(19)33(34,35)36)32(43)39-29-28-23-15-21(7-9-25(23)45-30(28)29)44-26-11-12-37-31-22(26)8-10-27(42)38-31/h5-7,9,11-12,14-15,20,28-30H,3-4,8,10,13,16-17H2,1-2H3,(H,39,43)(H,37,38,42)/t20-,28-,29+,30-/m0/s1. The average molecular weight is 622 g/mol. The van der Waals surface area contributed by atoms with Crippen molar-refractivity contribution in [2.45, 2.75) is 62.5 Å². The molecule has 4 atom stereocenters. The summed E-state index contributed by atoms with van der Waals surface area (Å²) in [5.41, 5.74) is 1.04. The Balaban J connectivity index is 1.04. The van der Waals surface area contributed by atoms with Gasteiger partial charge in [0.05, 0.1) is 17.5 Å². The lowest BCUT2D eigenvalue weighted by Crippen LogP contribution is -2.44. The Labute approximate surface area is 258 Å². The molecule has 0 spiro atoms. The smallest absolute Gasteiger partial charge is 0.416 e. The molecule has 45 heavy (non-hydrogen) atoms. The molecule has 7 rings (SSSR count). The van der Waals surface area contributed by atoms with Crippen LogP contribution in [0.4, 0.5) is 19.0 Å². The van der Waals surface area contributed by atoms with Gasteiger partial charge in [-0.3, -0.25) is 14.5 Å². The fraction of sp³-hybridized carbons (Fsp3) is 0.424. The summed E-state index contributed by atoms with van der Waals surface area (Å²) in [6.07, 6.45) is -0.495. The third kappa shape index (κ3) is 5.84. The number of anilines is 1. The van der Waals surface area contributed by atoms with Gasteiger partial charge >= 0.3 is 6.18 Å². The predicted molar refractivity (Wildman–Crippen MR) is 160 cm³/mol. The molecule has 2 fully saturated rings. The normalized spacial score (nSPS) is 23.8. The number of halogens is 3. The highest BCUT2D eigenvalue weighted by atomic mass is 19.4. The molecule has 1 saturated heterocycles. The van der Waals surface area contributed by atoms with Crippen molar-refractivity contribution >= 4 is 17.6 Å². The van der Waals surface area contributed by atoms with Gasteiger partial charge in [0.15, 0.2) is 0 Å². The second kappa shape index (κ2) is 11.3. The maximum Gasteiger partial charge on any atom is 0.416 e. The zero-order valence-electron chi connectivity index (χ0n) is 25.0. The number of ether oxygens (including phenoxy) is 2. The maximum atomic E-state index is 14.2. The van der Waals surface area contributed by atoms with Crippen molar-refractivity contribution in [1.82, 2.24) is 20.1 Å². The summed E-state index contributed by atoms with van der Waals surface area (Å²) in [6.45, 7) is 1.62. The van der Waals surface area contributed by atoms with Crippen LogP contribution >= 0.6 is 0 Å². The summed E-state index contributed by atoms with van der Waals surface area (Å²) in [4.78, 5) is 33.3. The number of fused-ring (bicyclic) bond motifs is 4. The predicted octanol–water partition coefficient (Wildman–Crippen LogP) is 4.96. The van der Waals surface area contributed by atoms with Gasteiger partial charge in [-0.15, -0.1) is 0 Å². The topological polar surface area (TPSA) is 96.0 Å². The van der Waals surface area contributed by atoms with E-state index in [1.54, 1.807) is 18.3 Å². The number of nitrogens with zero attached hydrogens (tertiary/aromatic N) is 3. The van der Waals surface area contributed by atoms with Crippen LogP contribution in [0.2, 0.25) is 0 Å². The first-order valence-electron chi connectivity index (χ1n) is 15.2. The van der Waals surface area contributed by atoms with Gasteiger partial charge in [0.1, 0.15) is 29.2 Å². The molecule has 1 aromatic heterocycles. The van der Waals surface area contributed by atoms with Crippen molar-refractivity contribution in [3.05, 3.63) is 76.5 Å². The summed E-state index contributed by atoms with van der Waals surface area (Å²) in [7, 11) is 3.98. The van der Waals surface area contributed by atoms with Gasteiger partial charge in [0, 0.05) is 48.4 Å². The van der Waals surface area contributed by atoms with E-state index < -0.39 is 17.6 Å². The Morgan fingerprint density at radius 3 is 2.82 bits per heavy atom. The first kappa shape index (κ1) is 29.5. The van der Waals surface area contributed by atoms with Gasteiger partial charge in [-0.25, -0.2) is 4.98 Å². The van der Waals surface area contributed by atoms with E-state index in [0.717, 1.165) is 36.6 Å². The fourth-order valence-corrected chi connectivity index (χ4v) is 6.75. The van der Waals surface area contributed by atoms with Gasteiger partial charge in [-0.05, 0) is 81.9 Å². The highest BCUT2D eigenvalue weighted by molar-refractivity contribution is 5.95. The number of benzene rings is 2. The third-order valence-corrected chi connectivity index (χ3v) is 9.24. The Hall–Kier alpha value is -4.16. The number of alkyl halides is 3. The van der Waals surface area contributed by atoms with Gasteiger partial charge < -0.3 is 25.0 Å². The summed E-state index contributed by atoms with van der Waals surface area (Å²) >= 11 is 0. The Kier molecular flexibility index (Phi) is 7.44. The number of rotatable bonds is 7. The molecule has 4 aliphatic rings. The van der Waals surface area contributed by atoms with E-state index in [-0.39, 0.29) is 41.6 Å². The zero-order chi connectivity index (χ0) is 31.5. The summed E-state index contributed by atoms with van der Waals surface area (Å²) in [5.74, 6) is 1.54. The summed E-state index contributed by atoms with van der Waals surface area (Å²) < 4.78 is 54.7. The highest BCUT2D eigenvalue weighted by Gasteiger charge is 2.59. The van der Waals surface area contributed by atoms with Crippen molar-refractivity contribution in [3.8, 4) is 17.2 Å². The number of hydrogen-bond acceptors (Lipinski definition) is 7. The molecule has 9 nitrogen and oxygen atoms in total. The molecule has 0 unspecified atom stereocenters. The van der Waals surface area contributed by atoms with E-state index in [9.17, 15) is 22.8 Å². The molecule has 0 bridgehead atoms. The van der Waals surface area contributed by atoms with Crippen molar-refractivity contribution < 1.29 is 32.2 Å². The van der Waals surface area contributed by atoms with Crippen LogP contribution in [0, 0.1) is 0 Å². The van der Waals surface area contributed by atoms with Crippen molar-refractivity contribution in [2.75, 3.05) is 32.5 Å². The molecule has 12 heteroatoms. The molecule has 236 valence electrons. The molecule has 1 saturated carbocycles. The first-order valence-corrected chi connectivity index (χ1v) is 15.2.